The van der Waals surface area contributed by atoms with Crippen molar-refractivity contribution in [1.29, 1.82) is 0 Å². The van der Waals surface area contributed by atoms with Crippen LogP contribution in [0.25, 0.3) is 0 Å². The second kappa shape index (κ2) is 8.56. The Kier molecular flexibility index (Phi) is 6.12. The van der Waals surface area contributed by atoms with Crippen molar-refractivity contribution in [2.75, 3.05) is 0 Å². The zero-order valence-electron chi connectivity index (χ0n) is 15.5. The van der Waals surface area contributed by atoms with Gasteiger partial charge in [0.2, 0.25) is 0 Å². The number of rotatable bonds is 6. The van der Waals surface area contributed by atoms with Crippen LogP contribution in [0, 0.1) is 6.92 Å². The van der Waals surface area contributed by atoms with Crippen LogP contribution in [0.1, 0.15) is 11.1 Å². The highest BCUT2D eigenvalue weighted by Crippen LogP contribution is 2.15. The predicted octanol–water partition coefficient (Wildman–Crippen LogP) is 2.61. The van der Waals surface area contributed by atoms with Gasteiger partial charge in [0.05, 0.1) is 9.79 Å². The van der Waals surface area contributed by atoms with Crippen LogP contribution in [0.5, 0.6) is 0 Å². The van der Waals surface area contributed by atoms with E-state index in [0.29, 0.717) is 5.56 Å². The normalized spacial score (nSPS) is 12.5. The van der Waals surface area contributed by atoms with Gasteiger partial charge >= 0.3 is 0 Å². The molecule has 7 nitrogen and oxygen atoms in total. The molecule has 2 N–H and O–H groups in total. The SMILES string of the molecule is Cc1ccc(S(=O)(=O)N=C(NNS(=O)(=O)c2ccccc2)c2ccccc2)cc1. The summed E-state index contributed by atoms with van der Waals surface area (Å²) in [6, 6.07) is 22.3. The molecule has 0 unspecified atom stereocenters. The standard InChI is InChI=1S/C20H19N3O4S2/c1-16-12-14-19(15-13-16)28(24,25)22-20(17-8-4-2-5-9-17)21-23-29(26,27)18-10-6-3-7-11-18/h2-15,23H,1H3,(H,21,22). The van der Waals surface area contributed by atoms with E-state index in [0.717, 1.165) is 5.56 Å². The van der Waals surface area contributed by atoms with Gasteiger partial charge in [-0.25, -0.2) is 8.42 Å². The molecule has 0 atom stereocenters. The van der Waals surface area contributed by atoms with Crippen molar-refractivity contribution >= 4 is 25.9 Å². The van der Waals surface area contributed by atoms with Crippen molar-refractivity contribution < 1.29 is 16.8 Å². The molecule has 3 rings (SSSR count). The maximum atomic E-state index is 12.7. The summed E-state index contributed by atoms with van der Waals surface area (Å²) < 4.78 is 54.2. The summed E-state index contributed by atoms with van der Waals surface area (Å²) in [5, 5.41) is 0. The molecule has 9 heteroatoms. The summed E-state index contributed by atoms with van der Waals surface area (Å²) >= 11 is 0. The molecule has 3 aromatic carbocycles. The van der Waals surface area contributed by atoms with Gasteiger partial charge in [-0.05, 0) is 31.2 Å². The summed E-state index contributed by atoms with van der Waals surface area (Å²) in [5.41, 5.74) is 3.75. The van der Waals surface area contributed by atoms with E-state index in [-0.39, 0.29) is 15.6 Å². The van der Waals surface area contributed by atoms with Gasteiger partial charge in [-0.1, -0.05) is 66.2 Å². The van der Waals surface area contributed by atoms with Crippen LogP contribution in [-0.4, -0.2) is 22.7 Å². The molecule has 29 heavy (non-hydrogen) atoms. The number of benzene rings is 3. The van der Waals surface area contributed by atoms with Crippen molar-refractivity contribution in [3.63, 3.8) is 0 Å². The highest BCUT2D eigenvalue weighted by molar-refractivity contribution is 7.90. The third kappa shape index (κ3) is 5.29. The molecular weight excluding hydrogens is 410 g/mol. The van der Waals surface area contributed by atoms with E-state index in [1.54, 1.807) is 60.7 Å². The summed E-state index contributed by atoms with van der Waals surface area (Å²) in [6.07, 6.45) is 0. The van der Waals surface area contributed by atoms with Crippen LogP contribution in [0.15, 0.2) is 99.1 Å². The molecule has 0 radical (unpaired) electrons. The third-order valence-electron chi connectivity index (χ3n) is 3.93. The number of nitrogens with zero attached hydrogens (tertiary/aromatic N) is 1. The fourth-order valence-electron chi connectivity index (χ4n) is 2.40. The van der Waals surface area contributed by atoms with Gasteiger partial charge in [-0.15, -0.1) is 9.23 Å². The average molecular weight is 430 g/mol. The van der Waals surface area contributed by atoms with E-state index in [2.05, 4.69) is 14.7 Å². The van der Waals surface area contributed by atoms with Gasteiger partial charge in [0.25, 0.3) is 20.0 Å². The predicted molar refractivity (Wildman–Crippen MR) is 111 cm³/mol. The maximum Gasteiger partial charge on any atom is 0.284 e. The molecule has 150 valence electrons. The highest BCUT2D eigenvalue weighted by atomic mass is 32.2. The monoisotopic (exact) mass is 429 g/mol. The number of hydrogen-bond acceptors (Lipinski definition) is 4. The largest absolute Gasteiger partial charge is 0.291 e. The topological polar surface area (TPSA) is 105 Å². The molecule has 0 saturated heterocycles. The van der Waals surface area contributed by atoms with Crippen molar-refractivity contribution in [2.24, 2.45) is 4.40 Å². The Hall–Kier alpha value is -3.01. The van der Waals surface area contributed by atoms with Crippen LogP contribution in [0.2, 0.25) is 0 Å². The number of hydrogen-bond donors (Lipinski definition) is 2. The van der Waals surface area contributed by atoms with Crippen LogP contribution in [-0.2, 0) is 20.0 Å². The first kappa shape index (κ1) is 20.7. The molecule has 0 heterocycles. The first-order chi connectivity index (χ1) is 13.8. The van der Waals surface area contributed by atoms with E-state index >= 15 is 0 Å². The minimum Gasteiger partial charge on any atom is -0.291 e. The molecule has 0 bridgehead atoms. The lowest BCUT2D eigenvalue weighted by Gasteiger charge is -2.12. The molecule has 0 amide bonds. The maximum absolute atomic E-state index is 12.7. The number of nitrogens with one attached hydrogen (secondary N) is 2. The molecule has 0 aliphatic heterocycles. The van der Waals surface area contributed by atoms with Crippen molar-refractivity contribution in [3.8, 4) is 0 Å². The minimum atomic E-state index is -4.07. The van der Waals surface area contributed by atoms with Gasteiger partial charge < -0.3 is 0 Å². The molecule has 3 aromatic rings. The second-order valence-corrected chi connectivity index (χ2v) is 9.42. The highest BCUT2D eigenvalue weighted by Gasteiger charge is 2.18. The number of hydrazine groups is 1. The van der Waals surface area contributed by atoms with Crippen LogP contribution < -0.4 is 10.3 Å². The van der Waals surface area contributed by atoms with Gasteiger partial charge in [-0.3, -0.25) is 5.43 Å². The van der Waals surface area contributed by atoms with Crippen LogP contribution in [0.3, 0.4) is 0 Å². The molecular formula is C20H19N3O4S2. The van der Waals surface area contributed by atoms with Crippen molar-refractivity contribution in [3.05, 3.63) is 96.1 Å². The Labute approximate surface area is 170 Å². The zero-order chi connectivity index (χ0) is 20.9. The van der Waals surface area contributed by atoms with Crippen LogP contribution in [0.4, 0.5) is 0 Å². The average Bonchev–Trinajstić information content (AvgIpc) is 2.73. The molecule has 0 aliphatic carbocycles. The number of sulfonamides is 2. The van der Waals surface area contributed by atoms with E-state index in [1.165, 1.54) is 24.3 Å². The smallest absolute Gasteiger partial charge is 0.284 e. The summed E-state index contributed by atoms with van der Waals surface area (Å²) in [7, 11) is -7.99. The summed E-state index contributed by atoms with van der Waals surface area (Å²) in [5.74, 6) is -0.148. The first-order valence-electron chi connectivity index (χ1n) is 8.58. The Bertz CT molecular complexity index is 1210. The van der Waals surface area contributed by atoms with Crippen molar-refractivity contribution in [1.82, 2.24) is 10.3 Å². The van der Waals surface area contributed by atoms with E-state index in [9.17, 15) is 16.8 Å². The molecule has 0 saturated carbocycles. The Morgan fingerprint density at radius 1 is 0.724 bits per heavy atom. The minimum absolute atomic E-state index is 0.00393. The summed E-state index contributed by atoms with van der Waals surface area (Å²) in [6.45, 7) is 1.84. The Morgan fingerprint density at radius 2 is 1.28 bits per heavy atom. The van der Waals surface area contributed by atoms with Gasteiger partial charge in [0, 0.05) is 5.56 Å². The zero-order valence-corrected chi connectivity index (χ0v) is 17.1. The summed E-state index contributed by atoms with van der Waals surface area (Å²) in [4.78, 5) is 2.22. The van der Waals surface area contributed by atoms with Crippen molar-refractivity contribution in [2.45, 2.75) is 16.7 Å². The Morgan fingerprint density at radius 3 is 1.86 bits per heavy atom. The third-order valence-corrected chi connectivity index (χ3v) is 6.49. The second-order valence-electron chi connectivity index (χ2n) is 6.14. The van der Waals surface area contributed by atoms with Gasteiger partial charge in [0.1, 0.15) is 0 Å². The lowest BCUT2D eigenvalue weighted by molar-refractivity contribution is 0.576. The quantitative estimate of drug-likeness (QED) is 0.356. The molecule has 0 fully saturated rings. The number of aryl methyl sites for hydroxylation is 1. The molecule has 0 aromatic heterocycles. The Balaban J connectivity index is 1.96. The van der Waals surface area contributed by atoms with E-state index in [1.807, 2.05) is 6.92 Å². The lowest BCUT2D eigenvalue weighted by Crippen LogP contribution is -2.42. The fourth-order valence-corrected chi connectivity index (χ4v) is 4.24. The number of amidine groups is 1. The first-order valence-corrected chi connectivity index (χ1v) is 11.5. The van der Waals surface area contributed by atoms with Crippen LogP contribution >= 0.6 is 0 Å². The lowest BCUT2D eigenvalue weighted by atomic mass is 10.2. The van der Waals surface area contributed by atoms with E-state index in [4.69, 9.17) is 0 Å². The molecule has 0 spiro atoms. The van der Waals surface area contributed by atoms with Gasteiger partial charge in [0.15, 0.2) is 5.84 Å². The fraction of sp³-hybridized carbons (Fsp3) is 0.0500. The molecule has 0 aliphatic rings. The van der Waals surface area contributed by atoms with Gasteiger partial charge in [-0.2, -0.15) is 8.42 Å². The van der Waals surface area contributed by atoms with E-state index < -0.39 is 20.0 Å².